The van der Waals surface area contributed by atoms with Gasteiger partial charge in [0.05, 0.1) is 12.2 Å². The van der Waals surface area contributed by atoms with E-state index in [0.29, 0.717) is 42.1 Å². The molecule has 0 unspecified atom stereocenters. The number of amides is 1. The van der Waals surface area contributed by atoms with E-state index in [-0.39, 0.29) is 18.3 Å². The van der Waals surface area contributed by atoms with E-state index in [2.05, 4.69) is 0 Å². The van der Waals surface area contributed by atoms with Crippen LogP contribution in [0.3, 0.4) is 0 Å². The Labute approximate surface area is 157 Å². The molecule has 0 spiro atoms. The molecule has 1 aliphatic heterocycles. The zero-order valence-electron chi connectivity index (χ0n) is 15.1. The lowest BCUT2D eigenvalue weighted by molar-refractivity contribution is -0.117. The largest absolute Gasteiger partial charge is 0.494 e. The number of Topliss-reactive ketones (excluding diaryl/α,β-unsaturated/α-hetero) is 1. The minimum absolute atomic E-state index is 0.0474. The Morgan fingerprint density at radius 1 is 1.07 bits per heavy atom. The van der Waals surface area contributed by atoms with E-state index in [0.717, 1.165) is 6.42 Å². The summed E-state index contributed by atoms with van der Waals surface area (Å²) in [6.45, 7) is 2.73. The highest BCUT2D eigenvalue weighted by molar-refractivity contribution is 6.00. The average Bonchev–Trinajstić information content (AvgIpc) is 3.12. The summed E-state index contributed by atoms with van der Waals surface area (Å²) in [7, 11) is 0. The quantitative estimate of drug-likeness (QED) is 0.555. The van der Waals surface area contributed by atoms with Crippen molar-refractivity contribution >= 4 is 23.3 Å². The number of benzene rings is 2. The van der Waals surface area contributed by atoms with E-state index in [1.54, 1.807) is 53.4 Å². The summed E-state index contributed by atoms with van der Waals surface area (Å²) in [5.41, 5.74) is 1.43. The molecular formula is C21H21NO5. The van der Waals surface area contributed by atoms with Crippen molar-refractivity contribution in [3.05, 3.63) is 59.7 Å². The summed E-state index contributed by atoms with van der Waals surface area (Å²) < 4.78 is 10.5. The number of hydrogen-bond acceptors (Lipinski definition) is 5. The summed E-state index contributed by atoms with van der Waals surface area (Å²) in [5, 5.41) is 0. The van der Waals surface area contributed by atoms with Gasteiger partial charge < -0.3 is 14.4 Å². The molecule has 27 heavy (non-hydrogen) atoms. The topological polar surface area (TPSA) is 72.9 Å². The molecule has 2 aromatic carbocycles. The normalized spacial score (nSPS) is 13.5. The van der Waals surface area contributed by atoms with E-state index in [4.69, 9.17) is 9.47 Å². The van der Waals surface area contributed by atoms with Crippen LogP contribution in [-0.4, -0.2) is 37.4 Å². The molecule has 0 aromatic heterocycles. The predicted octanol–water partition coefficient (Wildman–Crippen LogP) is 3.25. The zero-order chi connectivity index (χ0) is 19.2. The molecule has 1 heterocycles. The number of hydrogen-bond donors (Lipinski definition) is 0. The molecule has 1 amide bonds. The van der Waals surface area contributed by atoms with Crippen LogP contribution in [0.2, 0.25) is 0 Å². The van der Waals surface area contributed by atoms with E-state index >= 15 is 0 Å². The molecule has 2 aromatic rings. The van der Waals surface area contributed by atoms with Crippen LogP contribution in [0.25, 0.3) is 0 Å². The van der Waals surface area contributed by atoms with Gasteiger partial charge in [0.1, 0.15) is 5.75 Å². The van der Waals surface area contributed by atoms with Crippen molar-refractivity contribution in [2.24, 2.45) is 0 Å². The van der Waals surface area contributed by atoms with Gasteiger partial charge in [0.2, 0.25) is 5.91 Å². The maximum atomic E-state index is 12.3. The molecule has 1 aliphatic rings. The minimum atomic E-state index is -0.595. The lowest BCUT2D eigenvalue weighted by atomic mass is 10.1. The maximum absolute atomic E-state index is 12.3. The molecule has 6 heteroatoms. The molecule has 0 bridgehead atoms. The van der Waals surface area contributed by atoms with Gasteiger partial charge in [0, 0.05) is 24.2 Å². The van der Waals surface area contributed by atoms with Crippen molar-refractivity contribution in [1.29, 1.82) is 0 Å². The van der Waals surface area contributed by atoms with Gasteiger partial charge in [-0.15, -0.1) is 0 Å². The monoisotopic (exact) mass is 367 g/mol. The van der Waals surface area contributed by atoms with E-state index in [9.17, 15) is 14.4 Å². The highest BCUT2D eigenvalue weighted by Crippen LogP contribution is 2.22. The Kier molecular flexibility index (Phi) is 5.86. The van der Waals surface area contributed by atoms with Crippen molar-refractivity contribution in [3.8, 4) is 5.75 Å². The molecule has 0 aliphatic carbocycles. The number of ketones is 1. The highest BCUT2D eigenvalue weighted by atomic mass is 16.5. The van der Waals surface area contributed by atoms with Crippen molar-refractivity contribution in [3.63, 3.8) is 0 Å². The number of carbonyl (C=O) groups excluding carboxylic acids is 3. The van der Waals surface area contributed by atoms with E-state index < -0.39 is 5.97 Å². The summed E-state index contributed by atoms with van der Waals surface area (Å²) in [6, 6.07) is 13.4. The van der Waals surface area contributed by atoms with Crippen LogP contribution in [0, 0.1) is 0 Å². The third-order valence-electron chi connectivity index (χ3n) is 4.29. The van der Waals surface area contributed by atoms with Crippen LogP contribution in [0.1, 0.15) is 40.5 Å². The first-order valence-electron chi connectivity index (χ1n) is 8.92. The van der Waals surface area contributed by atoms with Crippen LogP contribution in [0.5, 0.6) is 5.75 Å². The smallest absolute Gasteiger partial charge is 0.338 e. The molecule has 6 nitrogen and oxygen atoms in total. The first kappa shape index (κ1) is 18.6. The maximum Gasteiger partial charge on any atom is 0.338 e. The second-order valence-electron chi connectivity index (χ2n) is 6.16. The Morgan fingerprint density at radius 3 is 2.52 bits per heavy atom. The lowest BCUT2D eigenvalue weighted by Crippen LogP contribution is -2.24. The number of esters is 1. The fourth-order valence-electron chi connectivity index (χ4n) is 2.92. The van der Waals surface area contributed by atoms with Crippen molar-refractivity contribution < 1.29 is 23.9 Å². The van der Waals surface area contributed by atoms with Gasteiger partial charge in [0.15, 0.2) is 12.4 Å². The lowest BCUT2D eigenvalue weighted by Gasteiger charge is -2.16. The van der Waals surface area contributed by atoms with Gasteiger partial charge >= 0.3 is 5.97 Å². The fourth-order valence-corrected chi connectivity index (χ4v) is 2.92. The van der Waals surface area contributed by atoms with E-state index in [1.165, 1.54) is 0 Å². The second-order valence-corrected chi connectivity index (χ2v) is 6.16. The average molecular weight is 367 g/mol. The molecular weight excluding hydrogens is 346 g/mol. The van der Waals surface area contributed by atoms with Crippen LogP contribution < -0.4 is 9.64 Å². The fraction of sp³-hybridized carbons (Fsp3) is 0.286. The zero-order valence-corrected chi connectivity index (χ0v) is 15.1. The summed E-state index contributed by atoms with van der Waals surface area (Å²) in [4.78, 5) is 38.0. The first-order valence-corrected chi connectivity index (χ1v) is 8.92. The van der Waals surface area contributed by atoms with Crippen LogP contribution >= 0.6 is 0 Å². The number of rotatable bonds is 7. The molecule has 3 rings (SSSR count). The number of ether oxygens (including phenoxy) is 2. The first-order chi connectivity index (χ1) is 13.1. The number of nitrogens with zero attached hydrogens (tertiary/aromatic N) is 1. The van der Waals surface area contributed by atoms with Crippen LogP contribution in [0.15, 0.2) is 48.5 Å². The van der Waals surface area contributed by atoms with Crippen LogP contribution in [-0.2, 0) is 9.53 Å². The van der Waals surface area contributed by atoms with Crippen molar-refractivity contribution in [2.45, 2.75) is 19.8 Å². The summed E-state index contributed by atoms with van der Waals surface area (Å²) in [6.07, 6.45) is 1.33. The van der Waals surface area contributed by atoms with Gasteiger partial charge in [-0.3, -0.25) is 9.59 Å². The molecule has 0 N–H and O–H groups in total. The molecule has 0 atom stereocenters. The Hall–Kier alpha value is -3.15. The van der Waals surface area contributed by atoms with Crippen molar-refractivity contribution in [1.82, 2.24) is 0 Å². The highest BCUT2D eigenvalue weighted by Gasteiger charge is 2.22. The summed E-state index contributed by atoms with van der Waals surface area (Å²) in [5.74, 6) is -0.162. The van der Waals surface area contributed by atoms with Crippen molar-refractivity contribution in [2.75, 3.05) is 24.7 Å². The molecule has 140 valence electrons. The van der Waals surface area contributed by atoms with Gasteiger partial charge in [-0.1, -0.05) is 6.07 Å². The van der Waals surface area contributed by atoms with Crippen LogP contribution in [0.4, 0.5) is 5.69 Å². The molecule has 0 radical (unpaired) electrons. The third-order valence-corrected chi connectivity index (χ3v) is 4.29. The van der Waals surface area contributed by atoms with Gasteiger partial charge in [0.25, 0.3) is 0 Å². The Morgan fingerprint density at radius 2 is 1.85 bits per heavy atom. The molecule has 1 saturated heterocycles. The SMILES string of the molecule is CCOc1ccc(C(=O)COC(=O)c2cccc(N3CCCC3=O)c2)cc1. The molecule has 1 fully saturated rings. The standard InChI is InChI=1S/C21H21NO5/c1-2-26-18-10-8-15(9-11-18)19(23)14-27-21(25)16-5-3-6-17(13-16)22-12-4-7-20(22)24/h3,5-6,8-11,13H,2,4,7,12,14H2,1H3. The van der Waals surface area contributed by atoms with Gasteiger partial charge in [-0.05, 0) is 55.8 Å². The van der Waals surface area contributed by atoms with E-state index in [1.807, 2.05) is 6.92 Å². The summed E-state index contributed by atoms with van der Waals surface area (Å²) >= 11 is 0. The van der Waals surface area contributed by atoms with Gasteiger partial charge in [-0.25, -0.2) is 4.79 Å². The predicted molar refractivity (Wildman–Crippen MR) is 100 cm³/mol. The number of carbonyl (C=O) groups is 3. The molecule has 0 saturated carbocycles. The Balaban J connectivity index is 1.60. The minimum Gasteiger partial charge on any atom is -0.494 e. The number of anilines is 1. The van der Waals surface area contributed by atoms with Gasteiger partial charge in [-0.2, -0.15) is 0 Å². The third kappa shape index (κ3) is 4.53. The second kappa shape index (κ2) is 8.49. The Bertz CT molecular complexity index is 844.